The molecule has 1 atom stereocenters. The molecule has 1 N–H and O–H groups in total. The second-order valence-corrected chi connectivity index (χ2v) is 7.52. The highest BCUT2D eigenvalue weighted by atomic mass is 16.6. The molecule has 1 aliphatic heterocycles. The van der Waals surface area contributed by atoms with Crippen LogP contribution in [-0.4, -0.2) is 24.1 Å². The molecule has 1 aliphatic carbocycles. The first-order valence-electron chi connectivity index (χ1n) is 9.76. The summed E-state index contributed by atoms with van der Waals surface area (Å²) in [6, 6.07) is 15.6. The first-order valence-corrected chi connectivity index (χ1v) is 9.76. The van der Waals surface area contributed by atoms with Gasteiger partial charge in [-0.3, -0.25) is 9.78 Å². The zero-order valence-electron chi connectivity index (χ0n) is 15.8. The molecule has 5 heteroatoms. The van der Waals surface area contributed by atoms with Crippen LogP contribution in [0.15, 0.2) is 48.5 Å². The zero-order chi connectivity index (χ0) is 19.1. The minimum Gasteiger partial charge on any atom is -0.486 e. The van der Waals surface area contributed by atoms with Crippen LogP contribution in [0.4, 0.5) is 0 Å². The number of carbonyl (C=O) groups is 1. The second-order valence-electron chi connectivity index (χ2n) is 7.52. The van der Waals surface area contributed by atoms with Crippen LogP contribution in [0.3, 0.4) is 0 Å². The van der Waals surface area contributed by atoms with Gasteiger partial charge in [-0.15, -0.1) is 0 Å². The molecule has 2 heterocycles. The van der Waals surface area contributed by atoms with Crippen molar-refractivity contribution in [3.63, 3.8) is 0 Å². The number of nitrogens with one attached hydrogen (secondary N) is 1. The molecule has 1 saturated carbocycles. The number of ether oxygens (including phenoxy) is 2. The number of nitrogens with zero attached hydrogens (tertiary/aromatic N) is 1. The van der Waals surface area contributed by atoms with Crippen LogP contribution < -0.4 is 14.8 Å². The topological polar surface area (TPSA) is 60.5 Å². The Labute approximate surface area is 163 Å². The van der Waals surface area contributed by atoms with Crippen LogP contribution in [0.1, 0.15) is 40.5 Å². The second kappa shape index (κ2) is 6.82. The predicted molar refractivity (Wildman–Crippen MR) is 107 cm³/mol. The molecule has 28 heavy (non-hydrogen) atoms. The van der Waals surface area contributed by atoms with Crippen LogP contribution in [0.5, 0.6) is 11.5 Å². The lowest BCUT2D eigenvalue weighted by Gasteiger charge is -2.23. The smallest absolute Gasteiger partial charge is 0.252 e. The fraction of sp³-hybridized carbons (Fsp3) is 0.304. The highest BCUT2D eigenvalue weighted by molar-refractivity contribution is 6.06. The molecule has 0 spiro atoms. The number of fused-ring (bicyclic) bond motifs is 2. The van der Waals surface area contributed by atoms with Crippen molar-refractivity contribution < 1.29 is 14.3 Å². The molecule has 2 aromatic carbocycles. The Bertz CT molecular complexity index is 1060. The van der Waals surface area contributed by atoms with E-state index < -0.39 is 0 Å². The molecule has 5 nitrogen and oxygen atoms in total. The maximum absolute atomic E-state index is 13.2. The van der Waals surface area contributed by atoms with E-state index in [1.165, 1.54) is 0 Å². The van der Waals surface area contributed by atoms with Gasteiger partial charge < -0.3 is 14.8 Å². The molecule has 0 bridgehead atoms. The number of aryl methyl sites for hydroxylation is 1. The largest absolute Gasteiger partial charge is 0.486 e. The summed E-state index contributed by atoms with van der Waals surface area (Å²) >= 11 is 0. The van der Waals surface area contributed by atoms with Crippen molar-refractivity contribution in [1.29, 1.82) is 0 Å². The highest BCUT2D eigenvalue weighted by Gasteiger charge is 2.34. The van der Waals surface area contributed by atoms with E-state index in [-0.39, 0.29) is 11.9 Å². The van der Waals surface area contributed by atoms with Crippen molar-refractivity contribution >= 4 is 16.8 Å². The quantitative estimate of drug-likeness (QED) is 0.744. The van der Waals surface area contributed by atoms with Crippen molar-refractivity contribution in [1.82, 2.24) is 10.3 Å². The number of carbonyl (C=O) groups excluding carboxylic acids is 1. The third-order valence-corrected chi connectivity index (χ3v) is 5.39. The van der Waals surface area contributed by atoms with Crippen molar-refractivity contribution in [2.45, 2.75) is 25.8 Å². The van der Waals surface area contributed by atoms with Crippen molar-refractivity contribution in [2.75, 3.05) is 13.2 Å². The molecule has 142 valence electrons. The molecule has 1 aromatic heterocycles. The summed E-state index contributed by atoms with van der Waals surface area (Å²) in [6.07, 6.45) is 2.24. The Morgan fingerprint density at radius 1 is 1.07 bits per heavy atom. The van der Waals surface area contributed by atoms with Gasteiger partial charge in [0.25, 0.3) is 5.91 Å². The number of amides is 1. The van der Waals surface area contributed by atoms with Gasteiger partial charge in [-0.05, 0) is 55.5 Å². The average molecular weight is 374 g/mol. The lowest BCUT2D eigenvalue weighted by Crippen LogP contribution is -2.30. The molecule has 3 aromatic rings. The minimum absolute atomic E-state index is 0.0319. The number of pyridine rings is 1. The Morgan fingerprint density at radius 3 is 2.68 bits per heavy atom. The average Bonchev–Trinajstić information content (AvgIpc) is 3.56. The third kappa shape index (κ3) is 3.17. The number of benzene rings is 2. The van der Waals surface area contributed by atoms with E-state index in [2.05, 4.69) is 10.3 Å². The van der Waals surface area contributed by atoms with Crippen molar-refractivity contribution in [3.8, 4) is 11.5 Å². The van der Waals surface area contributed by atoms with E-state index in [0.29, 0.717) is 24.7 Å². The van der Waals surface area contributed by atoms with Gasteiger partial charge in [0.1, 0.15) is 13.2 Å². The van der Waals surface area contributed by atoms with E-state index in [1.54, 1.807) is 0 Å². The zero-order valence-corrected chi connectivity index (χ0v) is 15.8. The molecule has 1 unspecified atom stereocenters. The fourth-order valence-electron chi connectivity index (χ4n) is 3.87. The van der Waals surface area contributed by atoms with Crippen molar-refractivity contribution in [3.05, 3.63) is 65.4 Å². The van der Waals surface area contributed by atoms with Gasteiger partial charge in [0.2, 0.25) is 0 Å². The molecule has 1 amide bonds. The van der Waals surface area contributed by atoms with E-state index in [4.69, 9.17) is 9.47 Å². The fourth-order valence-corrected chi connectivity index (χ4v) is 3.87. The summed E-state index contributed by atoms with van der Waals surface area (Å²) in [5.41, 5.74) is 3.42. The third-order valence-electron chi connectivity index (χ3n) is 5.39. The number of rotatable bonds is 4. The Morgan fingerprint density at radius 2 is 1.86 bits per heavy atom. The maximum atomic E-state index is 13.2. The Balaban J connectivity index is 1.47. The summed E-state index contributed by atoms with van der Waals surface area (Å²) < 4.78 is 11.4. The van der Waals surface area contributed by atoms with Gasteiger partial charge in [-0.1, -0.05) is 24.3 Å². The maximum Gasteiger partial charge on any atom is 0.252 e. The molecule has 0 saturated heterocycles. The van der Waals surface area contributed by atoms with E-state index in [0.717, 1.165) is 46.5 Å². The first kappa shape index (κ1) is 17.0. The minimum atomic E-state index is -0.0616. The van der Waals surface area contributed by atoms with Gasteiger partial charge in [0.05, 0.1) is 17.1 Å². The summed E-state index contributed by atoms with van der Waals surface area (Å²) in [5, 5.41) is 4.15. The van der Waals surface area contributed by atoms with Gasteiger partial charge in [0.15, 0.2) is 11.5 Å². The lowest BCUT2D eigenvalue weighted by atomic mass is 10.00. The number of aromatic nitrogens is 1. The van der Waals surface area contributed by atoms with Crippen LogP contribution in [-0.2, 0) is 0 Å². The molecular weight excluding hydrogens is 352 g/mol. The normalized spacial score (nSPS) is 16.6. The van der Waals surface area contributed by atoms with Crippen LogP contribution >= 0.6 is 0 Å². The highest BCUT2D eigenvalue weighted by Crippen LogP contribution is 2.43. The molecule has 0 radical (unpaired) electrons. The first-order chi connectivity index (χ1) is 13.7. The predicted octanol–water partition coefficient (Wildman–Crippen LogP) is 4.20. The van der Waals surface area contributed by atoms with Crippen LogP contribution in [0.25, 0.3) is 10.9 Å². The van der Waals surface area contributed by atoms with Gasteiger partial charge in [-0.2, -0.15) is 0 Å². The monoisotopic (exact) mass is 374 g/mol. The molecule has 1 fully saturated rings. The lowest BCUT2D eigenvalue weighted by molar-refractivity contribution is 0.0933. The van der Waals surface area contributed by atoms with Gasteiger partial charge in [0, 0.05) is 11.1 Å². The molecule has 2 aliphatic rings. The standard InChI is InChI=1S/C23H22N2O3/c1-14-12-18(17-4-2-3-5-19(17)24-14)23(26)25-22(15-6-7-15)16-8-9-20-21(13-16)28-11-10-27-20/h2-5,8-9,12-13,15,22H,6-7,10-11H2,1H3,(H,25,26). The summed E-state index contributed by atoms with van der Waals surface area (Å²) in [7, 11) is 0. The molecular formula is C23H22N2O3. The SMILES string of the molecule is Cc1cc(C(=O)NC(c2ccc3c(c2)OCCO3)C2CC2)c2ccccc2n1. The summed E-state index contributed by atoms with van der Waals surface area (Å²) in [5.74, 6) is 1.93. The van der Waals surface area contributed by atoms with Crippen LogP contribution in [0, 0.1) is 12.8 Å². The number of hydrogen-bond acceptors (Lipinski definition) is 4. The van der Waals surface area contributed by atoms with E-state index >= 15 is 0 Å². The number of hydrogen-bond donors (Lipinski definition) is 1. The summed E-state index contributed by atoms with van der Waals surface area (Å²) in [6.45, 7) is 3.05. The van der Waals surface area contributed by atoms with E-state index in [9.17, 15) is 4.79 Å². The van der Waals surface area contributed by atoms with Crippen molar-refractivity contribution in [2.24, 2.45) is 5.92 Å². The van der Waals surface area contributed by atoms with Gasteiger partial charge >= 0.3 is 0 Å². The van der Waals surface area contributed by atoms with Gasteiger partial charge in [-0.25, -0.2) is 0 Å². The van der Waals surface area contributed by atoms with Crippen LogP contribution in [0.2, 0.25) is 0 Å². The number of para-hydroxylation sites is 1. The van der Waals surface area contributed by atoms with E-state index in [1.807, 2.05) is 55.5 Å². The summed E-state index contributed by atoms with van der Waals surface area (Å²) in [4.78, 5) is 17.8. The Kier molecular flexibility index (Phi) is 4.15. The molecule has 5 rings (SSSR count). The Hall–Kier alpha value is -3.08.